The Morgan fingerprint density at radius 1 is 1.28 bits per heavy atom. The molecule has 2 fully saturated rings. The fourth-order valence-electron chi connectivity index (χ4n) is 3.94. The van der Waals surface area contributed by atoms with Crippen LogP contribution in [-0.2, 0) is 11.3 Å². The van der Waals surface area contributed by atoms with Crippen LogP contribution in [0.1, 0.15) is 38.4 Å². The quantitative estimate of drug-likeness (QED) is 0.765. The molecule has 2 saturated heterocycles. The van der Waals surface area contributed by atoms with E-state index < -0.39 is 0 Å². The molecule has 0 N–H and O–H groups in total. The first kappa shape index (κ1) is 18.3. The van der Waals surface area contributed by atoms with Gasteiger partial charge in [-0.1, -0.05) is 13.3 Å². The van der Waals surface area contributed by atoms with E-state index in [1.165, 1.54) is 0 Å². The van der Waals surface area contributed by atoms with Crippen molar-refractivity contribution in [2.75, 3.05) is 46.4 Å². The molecule has 0 atom stereocenters. The maximum absolute atomic E-state index is 12.2. The Bertz CT molecular complexity index is 538. The number of amides is 1. The van der Waals surface area contributed by atoms with Gasteiger partial charge in [0.15, 0.2) is 0 Å². The molecule has 1 aromatic heterocycles. The predicted octanol–water partition coefficient (Wildman–Crippen LogP) is 2.80. The lowest BCUT2D eigenvalue weighted by atomic mass is 9.84. The third-order valence-electron chi connectivity index (χ3n) is 5.71. The molecule has 1 spiro atoms. The summed E-state index contributed by atoms with van der Waals surface area (Å²) < 4.78 is 10.9. The van der Waals surface area contributed by atoms with Gasteiger partial charge < -0.3 is 14.1 Å². The highest BCUT2D eigenvalue weighted by Gasteiger charge is 2.43. The van der Waals surface area contributed by atoms with Crippen molar-refractivity contribution >= 4 is 6.09 Å². The van der Waals surface area contributed by atoms with Crippen molar-refractivity contribution in [3.05, 3.63) is 24.2 Å². The smallest absolute Gasteiger partial charge is 0.409 e. The third-order valence-corrected chi connectivity index (χ3v) is 5.71. The highest BCUT2D eigenvalue weighted by molar-refractivity contribution is 5.67. The number of carbonyl (C=O) groups is 1. The standard InChI is InChI=1S/C19H31N3O3/c1-3-4-13-25-18(23)22-9-7-19(8-10-22)16-21(12-11-20(19)2)15-17-6-5-14-24-17/h5-6,14H,3-4,7-13,15-16H2,1-2H3. The summed E-state index contributed by atoms with van der Waals surface area (Å²) >= 11 is 0. The van der Waals surface area contributed by atoms with Crippen molar-refractivity contribution in [3.63, 3.8) is 0 Å². The van der Waals surface area contributed by atoms with Crippen molar-refractivity contribution in [1.29, 1.82) is 0 Å². The molecule has 25 heavy (non-hydrogen) atoms. The second-order valence-corrected chi connectivity index (χ2v) is 7.39. The van der Waals surface area contributed by atoms with Crippen molar-refractivity contribution in [2.24, 2.45) is 0 Å². The summed E-state index contributed by atoms with van der Waals surface area (Å²) in [7, 11) is 2.22. The van der Waals surface area contributed by atoms with E-state index in [4.69, 9.17) is 9.15 Å². The van der Waals surface area contributed by atoms with Crippen molar-refractivity contribution in [2.45, 2.75) is 44.7 Å². The second-order valence-electron chi connectivity index (χ2n) is 7.39. The minimum atomic E-state index is -0.144. The van der Waals surface area contributed by atoms with E-state index in [0.29, 0.717) is 6.61 Å². The van der Waals surface area contributed by atoms with Crippen molar-refractivity contribution in [1.82, 2.24) is 14.7 Å². The molecular weight excluding hydrogens is 318 g/mol. The van der Waals surface area contributed by atoms with Gasteiger partial charge in [0, 0.05) is 38.3 Å². The minimum absolute atomic E-state index is 0.144. The first-order valence-corrected chi connectivity index (χ1v) is 9.51. The number of likely N-dealkylation sites (N-methyl/N-ethyl adjacent to an activating group) is 1. The Morgan fingerprint density at radius 3 is 2.76 bits per heavy atom. The van der Waals surface area contributed by atoms with Crippen LogP contribution in [0.3, 0.4) is 0 Å². The number of unbranched alkanes of at least 4 members (excludes halogenated alkanes) is 1. The van der Waals surface area contributed by atoms with Gasteiger partial charge >= 0.3 is 6.09 Å². The van der Waals surface area contributed by atoms with Crippen LogP contribution in [0.4, 0.5) is 4.79 Å². The minimum Gasteiger partial charge on any atom is -0.468 e. The molecule has 2 aliphatic heterocycles. The van der Waals surface area contributed by atoms with E-state index in [9.17, 15) is 4.79 Å². The molecule has 3 rings (SSSR count). The molecule has 1 amide bonds. The van der Waals surface area contributed by atoms with Gasteiger partial charge in [-0.15, -0.1) is 0 Å². The number of carbonyl (C=O) groups excluding carboxylic acids is 1. The van der Waals surface area contributed by atoms with Gasteiger partial charge in [0.05, 0.1) is 19.4 Å². The summed E-state index contributed by atoms with van der Waals surface area (Å²) in [6.45, 7) is 8.21. The van der Waals surface area contributed by atoms with E-state index in [0.717, 1.165) is 70.7 Å². The van der Waals surface area contributed by atoms with Crippen LogP contribution in [0.5, 0.6) is 0 Å². The topological polar surface area (TPSA) is 49.2 Å². The van der Waals surface area contributed by atoms with Gasteiger partial charge in [-0.25, -0.2) is 4.79 Å². The predicted molar refractivity (Wildman–Crippen MR) is 96.4 cm³/mol. The molecule has 2 aliphatic rings. The molecule has 0 aliphatic carbocycles. The normalized spacial score (nSPS) is 21.6. The van der Waals surface area contributed by atoms with E-state index in [1.807, 2.05) is 17.0 Å². The Hall–Kier alpha value is -1.53. The zero-order valence-electron chi connectivity index (χ0n) is 15.6. The molecule has 0 radical (unpaired) electrons. The average molecular weight is 349 g/mol. The van der Waals surface area contributed by atoms with E-state index in [1.54, 1.807) is 6.26 Å². The van der Waals surface area contributed by atoms with Crippen molar-refractivity contribution in [3.8, 4) is 0 Å². The number of ether oxygens (including phenoxy) is 1. The molecule has 6 heteroatoms. The summed E-state index contributed by atoms with van der Waals surface area (Å²) in [5.74, 6) is 1.02. The van der Waals surface area contributed by atoms with Gasteiger partial charge in [-0.3, -0.25) is 9.80 Å². The fraction of sp³-hybridized carbons (Fsp3) is 0.737. The number of piperidine rings is 1. The molecule has 1 aromatic rings. The maximum Gasteiger partial charge on any atom is 0.409 e. The van der Waals surface area contributed by atoms with E-state index >= 15 is 0 Å². The highest BCUT2D eigenvalue weighted by atomic mass is 16.6. The van der Waals surface area contributed by atoms with Gasteiger partial charge in [-0.2, -0.15) is 0 Å². The van der Waals surface area contributed by atoms with Crippen LogP contribution < -0.4 is 0 Å². The summed E-state index contributed by atoms with van der Waals surface area (Å²) in [4.78, 5) is 19.0. The average Bonchev–Trinajstić information content (AvgIpc) is 3.12. The van der Waals surface area contributed by atoms with Crippen molar-refractivity contribution < 1.29 is 13.9 Å². The number of rotatable bonds is 5. The second kappa shape index (κ2) is 8.23. The Kier molecular flexibility index (Phi) is 6.02. The SMILES string of the molecule is CCCCOC(=O)N1CCC2(CC1)CN(Cc1ccco1)CCN2C. The molecule has 3 heterocycles. The zero-order valence-corrected chi connectivity index (χ0v) is 15.6. The van der Waals surface area contributed by atoms with Crippen LogP contribution >= 0.6 is 0 Å². The number of hydrogen-bond acceptors (Lipinski definition) is 5. The molecular formula is C19H31N3O3. The van der Waals surface area contributed by atoms with Crippen LogP contribution in [0.15, 0.2) is 22.8 Å². The first-order chi connectivity index (χ1) is 12.1. The summed E-state index contributed by atoms with van der Waals surface area (Å²) in [6, 6.07) is 3.99. The highest BCUT2D eigenvalue weighted by Crippen LogP contribution is 2.32. The first-order valence-electron chi connectivity index (χ1n) is 9.51. The Labute approximate surface area is 150 Å². The summed E-state index contributed by atoms with van der Waals surface area (Å²) in [5, 5.41) is 0. The molecule has 140 valence electrons. The van der Waals surface area contributed by atoms with Crippen LogP contribution in [0.25, 0.3) is 0 Å². The molecule has 0 bridgehead atoms. The number of nitrogens with zero attached hydrogens (tertiary/aromatic N) is 3. The Balaban J connectivity index is 1.53. The summed E-state index contributed by atoms with van der Waals surface area (Å²) in [5.41, 5.74) is 0.158. The van der Waals surface area contributed by atoms with Crippen LogP contribution in [0, 0.1) is 0 Å². The molecule has 0 aromatic carbocycles. The largest absolute Gasteiger partial charge is 0.468 e. The van der Waals surface area contributed by atoms with Gasteiger partial charge in [0.2, 0.25) is 0 Å². The lowest BCUT2D eigenvalue weighted by Crippen LogP contribution is -2.64. The summed E-state index contributed by atoms with van der Waals surface area (Å²) in [6.07, 6.45) is 5.58. The zero-order chi connectivity index (χ0) is 17.7. The number of likely N-dealkylation sites (tertiary alicyclic amines) is 1. The van der Waals surface area contributed by atoms with Gasteiger partial charge in [0.25, 0.3) is 0 Å². The van der Waals surface area contributed by atoms with Gasteiger partial charge in [0.1, 0.15) is 5.76 Å². The lowest BCUT2D eigenvalue weighted by Gasteiger charge is -2.52. The molecule has 0 saturated carbocycles. The number of furan rings is 1. The lowest BCUT2D eigenvalue weighted by molar-refractivity contribution is -0.0304. The number of hydrogen-bond donors (Lipinski definition) is 0. The molecule has 0 unspecified atom stereocenters. The molecule has 6 nitrogen and oxygen atoms in total. The van der Waals surface area contributed by atoms with Crippen LogP contribution in [0.2, 0.25) is 0 Å². The Morgan fingerprint density at radius 2 is 2.08 bits per heavy atom. The van der Waals surface area contributed by atoms with Gasteiger partial charge in [-0.05, 0) is 38.4 Å². The monoisotopic (exact) mass is 349 g/mol. The van der Waals surface area contributed by atoms with Crippen LogP contribution in [-0.4, -0.2) is 72.7 Å². The van der Waals surface area contributed by atoms with E-state index in [2.05, 4.69) is 23.8 Å². The van der Waals surface area contributed by atoms with E-state index in [-0.39, 0.29) is 11.6 Å². The number of piperazine rings is 1. The third kappa shape index (κ3) is 4.36. The fourth-order valence-corrected chi connectivity index (χ4v) is 3.94. The maximum atomic E-state index is 12.2.